The van der Waals surface area contributed by atoms with Gasteiger partial charge in [0.2, 0.25) is 0 Å². The van der Waals surface area contributed by atoms with E-state index >= 15 is 0 Å². The molecule has 1 aliphatic heterocycles. The van der Waals surface area contributed by atoms with E-state index in [1.807, 2.05) is 18.2 Å². The van der Waals surface area contributed by atoms with Gasteiger partial charge in [-0.3, -0.25) is 9.78 Å². The fraction of sp³-hybridized carbons (Fsp3) is 0.310. The summed E-state index contributed by atoms with van der Waals surface area (Å²) < 4.78 is 0. The van der Waals surface area contributed by atoms with Gasteiger partial charge < -0.3 is 45.1 Å². The molecule has 5 N–H and O–H groups in total. The number of carbonyl (C=O) groups excluding carboxylic acids is 3. The molecule has 0 bridgehead atoms. The molecule has 1 saturated heterocycles. The average Bonchev–Trinajstić information content (AvgIpc) is 3.44. The van der Waals surface area contributed by atoms with E-state index in [9.17, 15) is 4.79 Å². The molecule has 3 aromatic rings. The number of quaternary nitrogens is 2. The molecule has 13 heteroatoms. The Morgan fingerprint density at radius 1 is 0.786 bits per heavy atom. The van der Waals surface area contributed by atoms with Crippen molar-refractivity contribution in [3.05, 3.63) is 71.4 Å². The van der Waals surface area contributed by atoms with Crippen molar-refractivity contribution < 1.29 is 54.2 Å². The maximum Gasteiger partial charge on any atom is 0.351 e. The van der Waals surface area contributed by atoms with Crippen LogP contribution in [0.15, 0.2) is 54.6 Å². The number of aromatic nitrogens is 1. The van der Waals surface area contributed by atoms with Gasteiger partial charge in [0, 0.05) is 16.6 Å². The number of carboxylic acids is 4. The van der Waals surface area contributed by atoms with E-state index in [0.29, 0.717) is 6.54 Å². The number of para-hydroxylation sites is 1. The van der Waals surface area contributed by atoms with Gasteiger partial charge >= 0.3 is 11.9 Å². The zero-order valence-corrected chi connectivity index (χ0v) is 22.8. The second-order valence-electron chi connectivity index (χ2n) is 9.86. The Balaban J connectivity index is 0.000000342. The maximum atomic E-state index is 12.9. The van der Waals surface area contributed by atoms with Crippen molar-refractivity contribution in [2.45, 2.75) is 25.8 Å². The number of carbonyl (C=O) groups is 5. The van der Waals surface area contributed by atoms with Crippen molar-refractivity contribution in [2.24, 2.45) is 0 Å². The van der Waals surface area contributed by atoms with Gasteiger partial charge in [0.25, 0.3) is 5.91 Å². The van der Waals surface area contributed by atoms with Gasteiger partial charge in [0.1, 0.15) is 32.7 Å². The van der Waals surface area contributed by atoms with E-state index in [-0.39, 0.29) is 5.91 Å². The summed E-state index contributed by atoms with van der Waals surface area (Å²) in [6.45, 7) is 5.95. The highest BCUT2D eigenvalue weighted by Gasteiger charge is 2.26. The number of pyridine rings is 1. The summed E-state index contributed by atoms with van der Waals surface area (Å²) in [6, 6.07) is 18.9. The maximum absolute atomic E-state index is 12.9. The zero-order valence-electron chi connectivity index (χ0n) is 22.8. The SMILES string of the molecule is O=C(C[NH+]1CC[NH+](Cc2ccccc2)CC1)Nc1c2c(nc3ccccc13)CCC2.O=C([O-])C(=O)O.O=C([O-])C(=O)O. The van der Waals surface area contributed by atoms with Gasteiger partial charge in [-0.15, -0.1) is 0 Å². The Morgan fingerprint density at radius 2 is 1.33 bits per heavy atom. The van der Waals surface area contributed by atoms with Crippen molar-refractivity contribution in [3.63, 3.8) is 0 Å². The highest BCUT2D eigenvalue weighted by Crippen LogP contribution is 2.33. The molecule has 5 rings (SSSR count). The molecule has 0 spiro atoms. The first-order chi connectivity index (χ1) is 20.0. The predicted molar refractivity (Wildman–Crippen MR) is 144 cm³/mol. The first-order valence-electron chi connectivity index (χ1n) is 13.3. The van der Waals surface area contributed by atoms with Gasteiger partial charge in [-0.25, -0.2) is 9.59 Å². The molecular weight excluding hydrogens is 548 g/mol. The quantitative estimate of drug-likeness (QED) is 0.187. The van der Waals surface area contributed by atoms with Crippen LogP contribution in [0.4, 0.5) is 5.69 Å². The number of hydrogen-bond donors (Lipinski definition) is 5. The number of carboxylic acid groups (broad SMARTS) is 4. The van der Waals surface area contributed by atoms with Crippen LogP contribution in [-0.2, 0) is 43.4 Å². The fourth-order valence-corrected chi connectivity index (χ4v) is 4.96. The Morgan fingerprint density at radius 3 is 1.93 bits per heavy atom. The van der Waals surface area contributed by atoms with Crippen LogP contribution in [0.2, 0.25) is 0 Å². The molecule has 2 aromatic carbocycles. The summed E-state index contributed by atoms with van der Waals surface area (Å²) in [6.07, 6.45) is 3.15. The molecule has 2 heterocycles. The van der Waals surface area contributed by atoms with Crippen molar-refractivity contribution in [1.82, 2.24) is 4.98 Å². The molecule has 0 atom stereocenters. The lowest BCUT2D eigenvalue weighted by Crippen LogP contribution is -3.28. The third-order valence-corrected chi connectivity index (χ3v) is 6.90. The van der Waals surface area contributed by atoms with Crippen molar-refractivity contribution in [3.8, 4) is 0 Å². The van der Waals surface area contributed by atoms with Gasteiger partial charge in [0.05, 0.1) is 11.2 Å². The van der Waals surface area contributed by atoms with Gasteiger partial charge in [-0.1, -0.05) is 48.5 Å². The Labute approximate surface area is 241 Å². The van der Waals surface area contributed by atoms with Crippen LogP contribution in [0.5, 0.6) is 0 Å². The molecule has 1 aliphatic carbocycles. The van der Waals surface area contributed by atoms with Crippen LogP contribution in [0.1, 0.15) is 23.2 Å². The monoisotopic (exact) mass is 580 g/mol. The van der Waals surface area contributed by atoms with Crippen LogP contribution in [0.25, 0.3) is 10.9 Å². The standard InChI is InChI=1S/C25H28N4O.2C2H2O4/c30-24(18-29-15-13-28(14-16-29)17-19-7-2-1-3-8-19)27-25-20-9-4-5-11-22(20)26-23-12-6-10-21(23)25;2*3-1(4)2(5)6/h1-5,7-9,11H,6,10,12-18H2,(H,26,27,30);2*(H,3,4)(H,5,6). The molecule has 0 unspecified atom stereocenters. The van der Waals surface area contributed by atoms with E-state index in [2.05, 4.69) is 41.7 Å². The number of aryl methyl sites for hydroxylation is 1. The van der Waals surface area contributed by atoms with Crippen LogP contribution in [0, 0.1) is 0 Å². The number of amides is 1. The number of piperazine rings is 1. The molecule has 0 saturated carbocycles. The van der Waals surface area contributed by atoms with E-state index < -0.39 is 23.9 Å². The lowest BCUT2D eigenvalue weighted by Gasteiger charge is -2.29. The normalized spacial score (nSPS) is 17.0. The minimum atomic E-state index is -2.07. The lowest BCUT2D eigenvalue weighted by molar-refractivity contribution is -1.02. The summed E-state index contributed by atoms with van der Waals surface area (Å²) >= 11 is 0. The minimum Gasteiger partial charge on any atom is -0.539 e. The summed E-state index contributed by atoms with van der Waals surface area (Å²) in [5.74, 6) is -7.89. The highest BCUT2D eigenvalue weighted by molar-refractivity contribution is 6.26. The minimum absolute atomic E-state index is 0.127. The van der Waals surface area contributed by atoms with Crippen LogP contribution >= 0.6 is 0 Å². The van der Waals surface area contributed by atoms with E-state index in [1.54, 1.807) is 4.90 Å². The van der Waals surface area contributed by atoms with Crippen LogP contribution in [0.3, 0.4) is 0 Å². The number of nitrogens with zero attached hydrogens (tertiary/aromatic N) is 1. The number of nitrogens with one attached hydrogen (secondary N) is 3. The number of rotatable bonds is 5. The van der Waals surface area contributed by atoms with E-state index in [0.717, 1.165) is 74.3 Å². The number of fused-ring (bicyclic) bond motifs is 2. The number of aliphatic carboxylic acids is 4. The molecule has 42 heavy (non-hydrogen) atoms. The fourth-order valence-electron chi connectivity index (χ4n) is 4.96. The van der Waals surface area contributed by atoms with Crippen molar-refractivity contribution >= 4 is 46.4 Å². The molecule has 1 amide bonds. The third-order valence-electron chi connectivity index (χ3n) is 6.90. The molecule has 0 radical (unpaired) electrons. The molecule has 2 aliphatic rings. The highest BCUT2D eigenvalue weighted by atomic mass is 16.4. The average molecular weight is 581 g/mol. The predicted octanol–water partition coefficient (Wildman–Crippen LogP) is -3.71. The molecule has 1 aromatic heterocycles. The number of hydrogen-bond acceptors (Lipinski definition) is 8. The summed E-state index contributed by atoms with van der Waals surface area (Å²) in [7, 11) is 0. The van der Waals surface area contributed by atoms with Gasteiger partial charge in [-0.2, -0.15) is 0 Å². The second kappa shape index (κ2) is 15.2. The largest absolute Gasteiger partial charge is 0.539 e. The second-order valence-corrected chi connectivity index (χ2v) is 9.86. The first kappa shape index (κ1) is 31.6. The smallest absolute Gasteiger partial charge is 0.351 e. The van der Waals surface area contributed by atoms with Crippen LogP contribution in [-0.4, -0.2) is 77.7 Å². The lowest BCUT2D eigenvalue weighted by atomic mass is 10.1. The van der Waals surface area contributed by atoms with E-state index in [4.69, 9.17) is 44.6 Å². The number of anilines is 1. The first-order valence-corrected chi connectivity index (χ1v) is 13.3. The summed E-state index contributed by atoms with van der Waals surface area (Å²) in [5.41, 5.74) is 5.79. The number of benzene rings is 2. The summed E-state index contributed by atoms with van der Waals surface area (Å²) in [5, 5.41) is 37.0. The van der Waals surface area contributed by atoms with Gasteiger partial charge in [-0.05, 0) is 30.9 Å². The molecule has 1 fully saturated rings. The third kappa shape index (κ3) is 9.35. The molecule has 13 nitrogen and oxygen atoms in total. The Bertz CT molecular complexity index is 1390. The summed E-state index contributed by atoms with van der Waals surface area (Å²) in [4.78, 5) is 56.8. The Kier molecular flexibility index (Phi) is 11.5. The topological polar surface area (TPSA) is 206 Å². The Hall–Kier alpha value is -4.88. The zero-order chi connectivity index (χ0) is 30.6. The van der Waals surface area contributed by atoms with Gasteiger partial charge in [0.15, 0.2) is 18.5 Å². The van der Waals surface area contributed by atoms with Crippen LogP contribution < -0.4 is 25.3 Å². The molecule has 222 valence electrons. The van der Waals surface area contributed by atoms with Crippen molar-refractivity contribution in [2.75, 3.05) is 38.0 Å². The van der Waals surface area contributed by atoms with E-state index in [1.165, 1.54) is 16.0 Å². The molecular formula is C29H32N4O9. The van der Waals surface area contributed by atoms with Crippen molar-refractivity contribution in [1.29, 1.82) is 0 Å².